The summed E-state index contributed by atoms with van der Waals surface area (Å²) in [5.41, 5.74) is 10.1. The summed E-state index contributed by atoms with van der Waals surface area (Å²) < 4.78 is 5.49. The highest BCUT2D eigenvalue weighted by atomic mass is 16.5. The Labute approximate surface area is 118 Å². The molecule has 0 atom stereocenters. The van der Waals surface area contributed by atoms with Crippen LogP contribution in [0, 0.1) is 6.92 Å². The van der Waals surface area contributed by atoms with Gasteiger partial charge in [0.1, 0.15) is 0 Å². The predicted molar refractivity (Wildman–Crippen MR) is 78.7 cm³/mol. The lowest BCUT2D eigenvalue weighted by Crippen LogP contribution is -2.18. The molecule has 1 aromatic heterocycles. The standard InChI is InChI=1S/C15H18N4O/c1-3-20-14-6-10(2)17-15(18-14)19-8-11-4-5-13(16)7-12(11)9-19/h4-7H,3,8-9,16H2,1-2H3. The molecule has 0 aliphatic carbocycles. The van der Waals surface area contributed by atoms with Crippen LogP contribution in [0.25, 0.3) is 0 Å². The van der Waals surface area contributed by atoms with Gasteiger partial charge in [-0.3, -0.25) is 0 Å². The Balaban J connectivity index is 1.88. The highest BCUT2D eigenvalue weighted by molar-refractivity contribution is 5.51. The molecule has 0 unspecified atom stereocenters. The molecule has 3 rings (SSSR count). The van der Waals surface area contributed by atoms with Gasteiger partial charge in [0.15, 0.2) is 0 Å². The van der Waals surface area contributed by atoms with Crippen molar-refractivity contribution in [2.45, 2.75) is 26.9 Å². The molecule has 2 N–H and O–H groups in total. The topological polar surface area (TPSA) is 64.3 Å². The summed E-state index contributed by atoms with van der Waals surface area (Å²) in [5.74, 6) is 1.34. The van der Waals surface area contributed by atoms with Crippen LogP contribution in [-0.2, 0) is 13.1 Å². The second-order valence-electron chi connectivity index (χ2n) is 4.96. The van der Waals surface area contributed by atoms with Crippen LogP contribution in [0.5, 0.6) is 5.88 Å². The Hall–Kier alpha value is -2.30. The number of hydrogen-bond acceptors (Lipinski definition) is 5. The summed E-state index contributed by atoms with van der Waals surface area (Å²) in [6.07, 6.45) is 0. The SMILES string of the molecule is CCOc1cc(C)nc(N2Cc3ccc(N)cc3C2)n1. The second-order valence-corrected chi connectivity index (χ2v) is 4.96. The van der Waals surface area contributed by atoms with Crippen LogP contribution in [0.15, 0.2) is 24.3 Å². The van der Waals surface area contributed by atoms with Crippen molar-refractivity contribution in [2.24, 2.45) is 0 Å². The van der Waals surface area contributed by atoms with Gasteiger partial charge in [-0.15, -0.1) is 0 Å². The van der Waals surface area contributed by atoms with E-state index in [4.69, 9.17) is 10.5 Å². The normalized spacial score (nSPS) is 13.4. The van der Waals surface area contributed by atoms with Crippen LogP contribution in [0.4, 0.5) is 11.6 Å². The minimum Gasteiger partial charge on any atom is -0.478 e. The zero-order chi connectivity index (χ0) is 14.1. The fourth-order valence-corrected chi connectivity index (χ4v) is 2.44. The summed E-state index contributed by atoms with van der Waals surface area (Å²) >= 11 is 0. The molecule has 1 aliphatic heterocycles. The van der Waals surface area contributed by atoms with Crippen LogP contribution in [0.3, 0.4) is 0 Å². The van der Waals surface area contributed by atoms with E-state index in [9.17, 15) is 0 Å². The molecule has 0 radical (unpaired) electrons. The molecular formula is C15H18N4O. The summed E-state index contributed by atoms with van der Waals surface area (Å²) in [5, 5.41) is 0. The van der Waals surface area contributed by atoms with E-state index in [1.807, 2.05) is 32.0 Å². The van der Waals surface area contributed by atoms with Gasteiger partial charge in [0.05, 0.1) is 6.61 Å². The number of fused-ring (bicyclic) bond motifs is 1. The number of rotatable bonds is 3. The van der Waals surface area contributed by atoms with E-state index in [1.54, 1.807) is 0 Å². The molecule has 1 aliphatic rings. The van der Waals surface area contributed by atoms with Crippen molar-refractivity contribution in [3.05, 3.63) is 41.1 Å². The average Bonchev–Trinajstić information content (AvgIpc) is 2.81. The van der Waals surface area contributed by atoms with Crippen LogP contribution >= 0.6 is 0 Å². The van der Waals surface area contributed by atoms with E-state index < -0.39 is 0 Å². The number of benzene rings is 1. The Morgan fingerprint density at radius 3 is 2.80 bits per heavy atom. The van der Waals surface area contributed by atoms with Crippen molar-refractivity contribution in [1.29, 1.82) is 0 Å². The largest absolute Gasteiger partial charge is 0.478 e. The highest BCUT2D eigenvalue weighted by Gasteiger charge is 2.22. The maximum Gasteiger partial charge on any atom is 0.229 e. The summed E-state index contributed by atoms with van der Waals surface area (Å²) in [6, 6.07) is 7.89. The first-order valence-electron chi connectivity index (χ1n) is 6.76. The van der Waals surface area contributed by atoms with Gasteiger partial charge in [-0.2, -0.15) is 4.98 Å². The number of hydrogen-bond donors (Lipinski definition) is 1. The first kappa shape index (κ1) is 12.7. The monoisotopic (exact) mass is 270 g/mol. The van der Waals surface area contributed by atoms with Gasteiger partial charge >= 0.3 is 0 Å². The Morgan fingerprint density at radius 2 is 2.00 bits per heavy atom. The lowest BCUT2D eigenvalue weighted by Gasteiger charge is -2.16. The lowest BCUT2D eigenvalue weighted by atomic mass is 10.1. The molecule has 0 saturated carbocycles. The molecule has 1 aromatic carbocycles. The molecule has 2 aromatic rings. The van der Waals surface area contributed by atoms with Crippen molar-refractivity contribution in [3.63, 3.8) is 0 Å². The van der Waals surface area contributed by atoms with Gasteiger partial charge in [0.2, 0.25) is 11.8 Å². The first-order valence-corrected chi connectivity index (χ1v) is 6.76. The van der Waals surface area contributed by atoms with E-state index in [0.29, 0.717) is 18.4 Å². The predicted octanol–water partition coefficient (Wildman–Crippen LogP) is 2.29. The van der Waals surface area contributed by atoms with Crippen molar-refractivity contribution < 1.29 is 4.74 Å². The smallest absolute Gasteiger partial charge is 0.229 e. The molecule has 0 fully saturated rings. The summed E-state index contributed by atoms with van der Waals surface area (Å²) in [6.45, 7) is 6.10. The molecule has 0 amide bonds. The zero-order valence-corrected chi connectivity index (χ0v) is 11.8. The first-order chi connectivity index (χ1) is 9.65. The number of anilines is 2. The molecule has 2 heterocycles. The minimum atomic E-state index is 0.604. The van der Waals surface area contributed by atoms with Gasteiger partial charge in [-0.1, -0.05) is 6.07 Å². The molecule has 0 bridgehead atoms. The van der Waals surface area contributed by atoms with E-state index in [2.05, 4.69) is 20.9 Å². The number of aromatic nitrogens is 2. The fraction of sp³-hybridized carbons (Fsp3) is 0.333. The maximum atomic E-state index is 5.83. The van der Waals surface area contributed by atoms with Gasteiger partial charge in [0.25, 0.3) is 0 Å². The highest BCUT2D eigenvalue weighted by Crippen LogP contribution is 2.28. The van der Waals surface area contributed by atoms with Gasteiger partial charge in [0, 0.05) is 30.5 Å². The molecular weight excluding hydrogens is 252 g/mol. The van der Waals surface area contributed by atoms with Crippen LogP contribution in [-0.4, -0.2) is 16.6 Å². The second kappa shape index (κ2) is 5.00. The van der Waals surface area contributed by atoms with E-state index >= 15 is 0 Å². The molecule has 104 valence electrons. The number of aryl methyl sites for hydroxylation is 1. The number of nitrogens with two attached hydrogens (primary N) is 1. The molecule has 0 saturated heterocycles. The number of ether oxygens (including phenoxy) is 1. The third-order valence-electron chi connectivity index (χ3n) is 3.35. The van der Waals surface area contributed by atoms with Crippen LogP contribution in [0.1, 0.15) is 23.7 Å². The average molecular weight is 270 g/mol. The quantitative estimate of drug-likeness (QED) is 0.867. The molecule has 20 heavy (non-hydrogen) atoms. The van der Waals surface area contributed by atoms with Gasteiger partial charge in [-0.05, 0) is 37.1 Å². The third-order valence-corrected chi connectivity index (χ3v) is 3.35. The Bertz CT molecular complexity index is 642. The molecule has 5 nitrogen and oxygen atoms in total. The van der Waals surface area contributed by atoms with E-state index in [0.717, 1.165) is 24.5 Å². The maximum absolute atomic E-state index is 5.83. The zero-order valence-electron chi connectivity index (χ0n) is 11.8. The van der Waals surface area contributed by atoms with Crippen molar-refractivity contribution >= 4 is 11.6 Å². The molecule has 0 spiro atoms. The summed E-state index contributed by atoms with van der Waals surface area (Å²) in [7, 11) is 0. The fourth-order valence-electron chi connectivity index (χ4n) is 2.44. The van der Waals surface area contributed by atoms with Gasteiger partial charge < -0.3 is 15.4 Å². The number of nitrogens with zero attached hydrogens (tertiary/aromatic N) is 3. The molecule has 5 heteroatoms. The van der Waals surface area contributed by atoms with Crippen LogP contribution < -0.4 is 15.4 Å². The van der Waals surface area contributed by atoms with Crippen LogP contribution in [0.2, 0.25) is 0 Å². The van der Waals surface area contributed by atoms with E-state index in [1.165, 1.54) is 11.1 Å². The third kappa shape index (κ3) is 2.39. The summed E-state index contributed by atoms with van der Waals surface area (Å²) in [4.78, 5) is 11.1. The van der Waals surface area contributed by atoms with Gasteiger partial charge in [-0.25, -0.2) is 4.98 Å². The number of nitrogen functional groups attached to an aromatic ring is 1. The van der Waals surface area contributed by atoms with E-state index in [-0.39, 0.29) is 0 Å². The lowest BCUT2D eigenvalue weighted by molar-refractivity contribution is 0.326. The minimum absolute atomic E-state index is 0.604. The van der Waals surface area contributed by atoms with Crippen molar-refractivity contribution in [2.75, 3.05) is 17.2 Å². The van der Waals surface area contributed by atoms with Crippen molar-refractivity contribution in [3.8, 4) is 5.88 Å². The Kier molecular flexibility index (Phi) is 3.18. The Morgan fingerprint density at radius 1 is 1.20 bits per heavy atom. The van der Waals surface area contributed by atoms with Crippen molar-refractivity contribution in [1.82, 2.24) is 9.97 Å².